The topological polar surface area (TPSA) is 49.3 Å². The third kappa shape index (κ3) is 2.83. The fourth-order valence-electron chi connectivity index (χ4n) is 1.69. The number of halogens is 1. The van der Waals surface area contributed by atoms with Crippen molar-refractivity contribution in [3.8, 4) is 0 Å². The van der Waals surface area contributed by atoms with Gasteiger partial charge in [-0.3, -0.25) is 0 Å². The van der Waals surface area contributed by atoms with Crippen molar-refractivity contribution in [2.24, 2.45) is 0 Å². The zero-order valence-corrected chi connectivity index (χ0v) is 11.3. The Bertz CT molecular complexity index is 580. The van der Waals surface area contributed by atoms with E-state index in [0.29, 0.717) is 12.1 Å². The van der Waals surface area contributed by atoms with E-state index in [9.17, 15) is 4.79 Å². The zero-order chi connectivity index (χ0) is 13.1. The van der Waals surface area contributed by atoms with Gasteiger partial charge in [-0.15, -0.1) is 11.3 Å². The first-order chi connectivity index (χ1) is 8.58. The number of anilines is 1. The quantitative estimate of drug-likeness (QED) is 0.890. The number of carboxylic acid groups (broad SMARTS) is 1. The van der Waals surface area contributed by atoms with Crippen molar-refractivity contribution in [1.29, 1.82) is 0 Å². The first-order valence-corrected chi connectivity index (χ1v) is 6.63. The number of rotatable bonds is 4. The van der Waals surface area contributed by atoms with Crippen LogP contribution in [0.3, 0.4) is 0 Å². The second-order valence-corrected chi connectivity index (χ2v) is 5.30. The van der Waals surface area contributed by atoms with Crippen molar-refractivity contribution < 1.29 is 9.90 Å². The smallest absolute Gasteiger partial charge is 0.336 e. The lowest BCUT2D eigenvalue weighted by Gasteiger charge is -2.10. The van der Waals surface area contributed by atoms with Crippen LogP contribution < -0.4 is 5.32 Å². The summed E-state index contributed by atoms with van der Waals surface area (Å²) in [5.41, 5.74) is 1.90. The van der Waals surface area contributed by atoms with E-state index >= 15 is 0 Å². The van der Waals surface area contributed by atoms with Gasteiger partial charge in [0.05, 0.1) is 10.6 Å². The van der Waals surface area contributed by atoms with Crippen LogP contribution in [0.25, 0.3) is 0 Å². The summed E-state index contributed by atoms with van der Waals surface area (Å²) in [5, 5.41) is 14.9. The van der Waals surface area contributed by atoms with Gasteiger partial charge in [-0.2, -0.15) is 0 Å². The molecule has 0 aliphatic heterocycles. The maximum Gasteiger partial charge on any atom is 0.336 e. The third-order valence-corrected chi connectivity index (χ3v) is 3.92. The number of carboxylic acids is 1. The average molecular weight is 282 g/mol. The lowest BCUT2D eigenvalue weighted by Crippen LogP contribution is -2.05. The summed E-state index contributed by atoms with van der Waals surface area (Å²) in [6.07, 6.45) is 0. The molecule has 2 rings (SSSR count). The predicted octanol–water partition coefficient (Wildman–Crippen LogP) is 4.02. The SMILES string of the molecule is Cc1c(NCc2cc(Cl)cs2)cccc1C(=O)O. The number of aromatic carboxylic acids is 1. The van der Waals surface area contributed by atoms with Crippen molar-refractivity contribution in [3.63, 3.8) is 0 Å². The van der Waals surface area contributed by atoms with Gasteiger partial charge in [0.15, 0.2) is 0 Å². The van der Waals surface area contributed by atoms with Gasteiger partial charge in [0, 0.05) is 22.5 Å². The maximum atomic E-state index is 11.0. The Morgan fingerprint density at radius 1 is 1.50 bits per heavy atom. The summed E-state index contributed by atoms with van der Waals surface area (Å²) in [6.45, 7) is 2.44. The molecule has 0 spiro atoms. The normalized spacial score (nSPS) is 10.3. The standard InChI is InChI=1S/C13H12ClNO2S/c1-8-11(13(16)17)3-2-4-12(8)15-6-10-5-9(14)7-18-10/h2-5,7,15H,6H2,1H3,(H,16,17). The number of hydrogen-bond donors (Lipinski definition) is 2. The number of hydrogen-bond acceptors (Lipinski definition) is 3. The molecule has 94 valence electrons. The molecule has 18 heavy (non-hydrogen) atoms. The molecule has 0 saturated carbocycles. The van der Waals surface area contributed by atoms with Crippen molar-refractivity contribution in [2.45, 2.75) is 13.5 Å². The lowest BCUT2D eigenvalue weighted by molar-refractivity contribution is 0.0696. The van der Waals surface area contributed by atoms with Crippen LogP contribution in [0.5, 0.6) is 0 Å². The van der Waals surface area contributed by atoms with Crippen molar-refractivity contribution in [2.75, 3.05) is 5.32 Å². The highest BCUT2D eigenvalue weighted by Gasteiger charge is 2.09. The Morgan fingerprint density at radius 3 is 2.89 bits per heavy atom. The lowest BCUT2D eigenvalue weighted by atomic mass is 10.1. The Kier molecular flexibility index (Phi) is 3.89. The molecule has 1 aromatic heterocycles. The molecule has 1 aromatic carbocycles. The molecule has 3 nitrogen and oxygen atoms in total. The molecule has 0 aliphatic carbocycles. The summed E-state index contributed by atoms with van der Waals surface area (Å²) in [4.78, 5) is 12.1. The van der Waals surface area contributed by atoms with Gasteiger partial charge in [-0.05, 0) is 30.7 Å². The fourth-order valence-corrected chi connectivity index (χ4v) is 2.70. The monoisotopic (exact) mass is 281 g/mol. The Balaban J connectivity index is 2.14. The Morgan fingerprint density at radius 2 is 2.28 bits per heavy atom. The average Bonchev–Trinajstić information content (AvgIpc) is 2.73. The molecule has 0 aliphatic rings. The molecule has 0 atom stereocenters. The van der Waals surface area contributed by atoms with Crippen LogP contribution >= 0.6 is 22.9 Å². The highest BCUT2D eigenvalue weighted by molar-refractivity contribution is 7.10. The molecule has 2 N–H and O–H groups in total. The van der Waals surface area contributed by atoms with E-state index < -0.39 is 5.97 Å². The van der Waals surface area contributed by atoms with E-state index in [1.165, 1.54) is 0 Å². The summed E-state index contributed by atoms with van der Waals surface area (Å²) >= 11 is 7.42. The number of benzene rings is 1. The summed E-state index contributed by atoms with van der Waals surface area (Å²) in [7, 11) is 0. The van der Waals surface area contributed by atoms with Crippen LogP contribution in [-0.2, 0) is 6.54 Å². The second-order valence-electron chi connectivity index (χ2n) is 3.87. The van der Waals surface area contributed by atoms with Gasteiger partial charge in [-0.25, -0.2) is 4.79 Å². The molecule has 0 amide bonds. The van der Waals surface area contributed by atoms with Gasteiger partial charge in [0.1, 0.15) is 0 Å². The van der Waals surface area contributed by atoms with Crippen molar-refractivity contribution in [3.05, 3.63) is 50.7 Å². The van der Waals surface area contributed by atoms with E-state index in [4.69, 9.17) is 16.7 Å². The van der Waals surface area contributed by atoms with Crippen LogP contribution in [0.2, 0.25) is 5.02 Å². The number of thiophene rings is 1. The summed E-state index contributed by atoms with van der Waals surface area (Å²) in [6, 6.07) is 7.11. The van der Waals surface area contributed by atoms with E-state index in [1.807, 2.05) is 17.5 Å². The van der Waals surface area contributed by atoms with Gasteiger partial charge < -0.3 is 10.4 Å². The Hall–Kier alpha value is -1.52. The molecular formula is C13H12ClNO2S. The maximum absolute atomic E-state index is 11.0. The first-order valence-electron chi connectivity index (χ1n) is 5.37. The van der Waals surface area contributed by atoms with Gasteiger partial charge in [0.2, 0.25) is 0 Å². The Labute approximate surface area is 114 Å². The molecule has 5 heteroatoms. The minimum atomic E-state index is -0.907. The van der Waals surface area contributed by atoms with Crippen LogP contribution in [0.15, 0.2) is 29.6 Å². The minimum absolute atomic E-state index is 0.323. The van der Waals surface area contributed by atoms with Gasteiger partial charge in [-0.1, -0.05) is 17.7 Å². The van der Waals surface area contributed by atoms with Crippen LogP contribution in [0, 0.1) is 6.92 Å². The van der Waals surface area contributed by atoms with Crippen molar-refractivity contribution >= 4 is 34.6 Å². The van der Waals surface area contributed by atoms with Crippen LogP contribution in [0.4, 0.5) is 5.69 Å². The predicted molar refractivity (Wildman–Crippen MR) is 74.8 cm³/mol. The second kappa shape index (κ2) is 5.42. The van der Waals surface area contributed by atoms with E-state index in [1.54, 1.807) is 30.4 Å². The number of nitrogens with one attached hydrogen (secondary N) is 1. The molecular weight excluding hydrogens is 270 g/mol. The third-order valence-electron chi connectivity index (χ3n) is 2.64. The molecule has 0 radical (unpaired) electrons. The van der Waals surface area contributed by atoms with Gasteiger partial charge >= 0.3 is 5.97 Å². The highest BCUT2D eigenvalue weighted by Crippen LogP contribution is 2.23. The molecule has 0 unspecified atom stereocenters. The van der Waals surface area contributed by atoms with Gasteiger partial charge in [0.25, 0.3) is 0 Å². The van der Waals surface area contributed by atoms with E-state index in [0.717, 1.165) is 21.2 Å². The molecule has 0 bridgehead atoms. The summed E-state index contributed by atoms with van der Waals surface area (Å²) < 4.78 is 0. The molecule has 0 fully saturated rings. The van der Waals surface area contributed by atoms with E-state index in [2.05, 4.69) is 5.32 Å². The fraction of sp³-hybridized carbons (Fsp3) is 0.154. The van der Waals surface area contributed by atoms with E-state index in [-0.39, 0.29) is 0 Å². The molecule has 1 heterocycles. The van der Waals surface area contributed by atoms with Crippen LogP contribution in [-0.4, -0.2) is 11.1 Å². The molecule has 2 aromatic rings. The minimum Gasteiger partial charge on any atom is -0.478 e. The first kappa shape index (κ1) is 12.9. The number of carbonyl (C=O) groups is 1. The largest absolute Gasteiger partial charge is 0.478 e. The summed E-state index contributed by atoms with van der Waals surface area (Å²) in [5.74, 6) is -0.907. The highest BCUT2D eigenvalue weighted by atomic mass is 35.5. The van der Waals surface area contributed by atoms with Crippen molar-refractivity contribution in [1.82, 2.24) is 0 Å². The van der Waals surface area contributed by atoms with Crippen LogP contribution in [0.1, 0.15) is 20.8 Å². The molecule has 0 saturated heterocycles. The zero-order valence-electron chi connectivity index (χ0n) is 9.74.